The molecular weight excluding hydrogens is 481 g/mol. The fourth-order valence-corrected chi connectivity index (χ4v) is 3.99. The molecule has 0 unspecified atom stereocenters. The largest absolute Gasteiger partial charge is 0.411 e. The number of nitrogens with one attached hydrogen (secondary N) is 2. The fraction of sp³-hybridized carbons (Fsp3) is 0.0435. The van der Waals surface area contributed by atoms with Gasteiger partial charge in [0.2, 0.25) is 11.8 Å². The molecule has 33 heavy (non-hydrogen) atoms. The lowest BCUT2D eigenvalue weighted by molar-refractivity contribution is -0.113. The highest BCUT2D eigenvalue weighted by Crippen LogP contribution is 2.27. The third kappa shape index (κ3) is 5.03. The monoisotopic (exact) mass is 495 g/mol. The maximum absolute atomic E-state index is 12.1. The molecule has 2 N–H and O–H groups in total. The van der Waals surface area contributed by atoms with Gasteiger partial charge in [0.15, 0.2) is 0 Å². The maximum atomic E-state index is 12.1. The van der Waals surface area contributed by atoms with Gasteiger partial charge in [-0.15, -0.1) is 10.2 Å². The minimum absolute atomic E-state index is 0.138. The van der Waals surface area contributed by atoms with E-state index < -0.39 is 0 Å². The zero-order chi connectivity index (χ0) is 22.8. The molecule has 1 amide bonds. The van der Waals surface area contributed by atoms with E-state index >= 15 is 0 Å². The molecule has 0 aliphatic heterocycles. The van der Waals surface area contributed by atoms with Gasteiger partial charge in [-0.2, -0.15) is 0 Å². The van der Waals surface area contributed by atoms with Crippen LogP contribution in [-0.2, 0) is 4.79 Å². The summed E-state index contributed by atoms with van der Waals surface area (Å²) < 4.78 is 5.70. The van der Waals surface area contributed by atoms with Crippen molar-refractivity contribution in [1.82, 2.24) is 20.2 Å². The van der Waals surface area contributed by atoms with Crippen molar-refractivity contribution in [3.8, 4) is 22.8 Å². The van der Waals surface area contributed by atoms with Crippen LogP contribution in [0.25, 0.3) is 33.9 Å². The second-order valence-electron chi connectivity index (χ2n) is 7.04. The van der Waals surface area contributed by atoms with Crippen LogP contribution in [0.1, 0.15) is 0 Å². The highest BCUT2D eigenvalue weighted by Gasteiger charge is 2.13. The van der Waals surface area contributed by atoms with Crippen LogP contribution < -0.4 is 5.32 Å². The van der Waals surface area contributed by atoms with E-state index in [0.717, 1.165) is 28.0 Å². The Bertz CT molecular complexity index is 1430. The Balaban J connectivity index is 1.22. The molecule has 0 radical (unpaired) electrons. The van der Waals surface area contributed by atoms with E-state index in [9.17, 15) is 4.79 Å². The van der Waals surface area contributed by atoms with Gasteiger partial charge in [0.25, 0.3) is 5.22 Å². The predicted octanol–water partition coefficient (Wildman–Crippen LogP) is 6.32. The zero-order valence-corrected chi connectivity index (χ0v) is 19.2. The maximum Gasteiger partial charge on any atom is 0.277 e. The second kappa shape index (κ2) is 9.27. The molecule has 164 valence electrons. The van der Waals surface area contributed by atoms with Crippen LogP contribution >= 0.6 is 35.0 Å². The van der Waals surface area contributed by atoms with Gasteiger partial charge in [0, 0.05) is 26.9 Å². The van der Waals surface area contributed by atoms with Gasteiger partial charge in [-0.3, -0.25) is 4.79 Å². The van der Waals surface area contributed by atoms with E-state index in [1.54, 1.807) is 24.3 Å². The van der Waals surface area contributed by atoms with E-state index in [-0.39, 0.29) is 11.7 Å². The van der Waals surface area contributed by atoms with Gasteiger partial charge < -0.3 is 14.7 Å². The molecule has 0 aliphatic rings. The number of aromatic amines is 1. The van der Waals surface area contributed by atoms with Crippen molar-refractivity contribution in [3.63, 3.8) is 0 Å². The summed E-state index contributed by atoms with van der Waals surface area (Å²) in [5, 5.41) is 12.5. The number of fused-ring (bicyclic) bond motifs is 1. The first-order valence-electron chi connectivity index (χ1n) is 9.81. The Labute approximate surface area is 202 Å². The summed E-state index contributed by atoms with van der Waals surface area (Å²) in [6, 6.07) is 20.0. The first kappa shape index (κ1) is 21.5. The SMILES string of the molecule is O=C(CSc1nnc(-c2ccc(-c3nc4ccc(Cl)cc4[nH]3)cc2)o1)Nc1ccc(Cl)cc1. The molecule has 10 heteroatoms. The molecule has 0 saturated heterocycles. The molecule has 0 saturated carbocycles. The molecule has 0 bridgehead atoms. The van der Waals surface area contributed by atoms with Crippen molar-refractivity contribution in [3.05, 3.63) is 76.8 Å². The highest BCUT2D eigenvalue weighted by atomic mass is 35.5. The second-order valence-corrected chi connectivity index (χ2v) is 8.84. The van der Waals surface area contributed by atoms with Gasteiger partial charge in [0.1, 0.15) is 5.82 Å². The Hall–Kier alpha value is -3.33. The average Bonchev–Trinajstić information content (AvgIpc) is 3.46. The first-order chi connectivity index (χ1) is 16.0. The van der Waals surface area contributed by atoms with E-state index in [0.29, 0.717) is 26.8 Å². The fourth-order valence-electron chi connectivity index (χ4n) is 3.13. The number of anilines is 1. The molecule has 2 aromatic heterocycles. The quantitative estimate of drug-likeness (QED) is 0.267. The van der Waals surface area contributed by atoms with E-state index in [1.807, 2.05) is 42.5 Å². The number of hydrogen-bond donors (Lipinski definition) is 2. The zero-order valence-electron chi connectivity index (χ0n) is 16.9. The van der Waals surface area contributed by atoms with Crippen LogP contribution in [0.2, 0.25) is 10.0 Å². The smallest absolute Gasteiger partial charge is 0.277 e. The number of aromatic nitrogens is 4. The molecule has 0 atom stereocenters. The topological polar surface area (TPSA) is 96.7 Å². The van der Waals surface area contributed by atoms with Gasteiger partial charge in [-0.25, -0.2) is 4.98 Å². The van der Waals surface area contributed by atoms with Crippen LogP contribution in [0.5, 0.6) is 0 Å². The minimum Gasteiger partial charge on any atom is -0.411 e. The van der Waals surface area contributed by atoms with Crippen molar-refractivity contribution in [2.45, 2.75) is 5.22 Å². The normalized spacial score (nSPS) is 11.1. The number of nitrogens with zero attached hydrogens (tertiary/aromatic N) is 3. The van der Waals surface area contributed by atoms with Crippen LogP contribution in [0.4, 0.5) is 5.69 Å². The number of hydrogen-bond acceptors (Lipinski definition) is 6. The van der Waals surface area contributed by atoms with Crippen molar-refractivity contribution in [1.29, 1.82) is 0 Å². The number of halogens is 2. The summed E-state index contributed by atoms with van der Waals surface area (Å²) in [6.45, 7) is 0. The summed E-state index contributed by atoms with van der Waals surface area (Å²) in [5.74, 6) is 1.07. The minimum atomic E-state index is -0.182. The number of imidazole rings is 1. The van der Waals surface area contributed by atoms with Crippen molar-refractivity contribution in [2.75, 3.05) is 11.1 Å². The molecule has 5 aromatic rings. The molecule has 2 heterocycles. The Morgan fingerprint density at radius 3 is 2.45 bits per heavy atom. The Morgan fingerprint density at radius 1 is 0.939 bits per heavy atom. The Morgan fingerprint density at radius 2 is 1.67 bits per heavy atom. The molecule has 0 fully saturated rings. The molecule has 0 spiro atoms. The highest BCUT2D eigenvalue weighted by molar-refractivity contribution is 7.99. The third-order valence-corrected chi connectivity index (χ3v) is 6.02. The summed E-state index contributed by atoms with van der Waals surface area (Å²) >= 11 is 13.1. The summed E-state index contributed by atoms with van der Waals surface area (Å²) in [7, 11) is 0. The van der Waals surface area contributed by atoms with Crippen LogP contribution in [0.3, 0.4) is 0 Å². The lowest BCUT2D eigenvalue weighted by Crippen LogP contribution is -2.13. The van der Waals surface area contributed by atoms with E-state index in [2.05, 4.69) is 25.5 Å². The summed E-state index contributed by atoms with van der Waals surface area (Å²) in [5.41, 5.74) is 4.07. The molecular formula is C23H15Cl2N5O2S. The number of carbonyl (C=O) groups excluding carboxylic acids is 1. The third-order valence-electron chi connectivity index (χ3n) is 4.71. The number of benzene rings is 3. The van der Waals surface area contributed by atoms with Crippen molar-refractivity contribution >= 4 is 57.6 Å². The van der Waals surface area contributed by atoms with Gasteiger partial charge in [-0.05, 0) is 54.6 Å². The molecule has 3 aromatic carbocycles. The van der Waals surface area contributed by atoms with Crippen molar-refractivity contribution < 1.29 is 9.21 Å². The van der Waals surface area contributed by atoms with Gasteiger partial charge in [0.05, 0.1) is 16.8 Å². The molecule has 7 nitrogen and oxygen atoms in total. The number of carbonyl (C=O) groups is 1. The van der Waals surface area contributed by atoms with E-state index in [1.165, 1.54) is 11.8 Å². The Kier molecular flexibility index (Phi) is 6.04. The average molecular weight is 496 g/mol. The van der Waals surface area contributed by atoms with Crippen LogP contribution in [0.15, 0.2) is 76.4 Å². The summed E-state index contributed by atoms with van der Waals surface area (Å²) in [6.07, 6.45) is 0. The first-order valence-corrected chi connectivity index (χ1v) is 11.6. The number of thioether (sulfide) groups is 1. The lowest BCUT2D eigenvalue weighted by Gasteiger charge is -2.03. The van der Waals surface area contributed by atoms with Crippen molar-refractivity contribution in [2.24, 2.45) is 0 Å². The van der Waals surface area contributed by atoms with Gasteiger partial charge >= 0.3 is 0 Å². The van der Waals surface area contributed by atoms with Crippen LogP contribution in [-0.4, -0.2) is 31.8 Å². The number of amides is 1. The predicted molar refractivity (Wildman–Crippen MR) is 131 cm³/mol. The van der Waals surface area contributed by atoms with Gasteiger partial charge in [-0.1, -0.05) is 47.1 Å². The van der Waals surface area contributed by atoms with E-state index in [4.69, 9.17) is 27.6 Å². The summed E-state index contributed by atoms with van der Waals surface area (Å²) in [4.78, 5) is 20.0. The number of H-pyrrole nitrogens is 1. The lowest BCUT2D eigenvalue weighted by atomic mass is 10.1. The number of rotatable bonds is 6. The standard InChI is InChI=1S/C23H15Cl2N5O2S/c24-15-5-8-17(9-6-15)26-20(31)12-33-23-30-29-22(32-23)14-3-1-13(2-4-14)21-27-18-10-7-16(25)11-19(18)28-21/h1-11H,12H2,(H,26,31)(H,27,28). The molecule has 5 rings (SSSR count). The molecule has 0 aliphatic carbocycles. The van der Waals surface area contributed by atoms with Crippen LogP contribution in [0, 0.1) is 0 Å².